The van der Waals surface area contributed by atoms with Gasteiger partial charge in [0.1, 0.15) is 0 Å². The molecule has 1 aliphatic heterocycles. The first-order chi connectivity index (χ1) is 12.3. The molecule has 0 N–H and O–H groups in total. The van der Waals surface area contributed by atoms with E-state index in [9.17, 15) is 4.79 Å². The number of urea groups is 1. The second-order valence-corrected chi connectivity index (χ2v) is 6.28. The van der Waals surface area contributed by atoms with Crippen LogP contribution in [0.4, 0.5) is 10.5 Å². The third-order valence-corrected chi connectivity index (χ3v) is 4.62. The Morgan fingerprint density at radius 2 is 1.32 bits per heavy atom. The number of para-hydroxylation sites is 1. The van der Waals surface area contributed by atoms with Crippen LogP contribution in [0.5, 0.6) is 0 Å². The monoisotopic (exact) mass is 328 g/mol. The third kappa shape index (κ3) is 3.13. The third-order valence-electron chi connectivity index (χ3n) is 4.62. The summed E-state index contributed by atoms with van der Waals surface area (Å²) in [5.74, 6) is 0. The summed E-state index contributed by atoms with van der Waals surface area (Å²) >= 11 is 0. The van der Waals surface area contributed by atoms with E-state index in [2.05, 4.69) is 24.3 Å². The fraction of sp³-hybridized carbons (Fsp3) is 0.136. The van der Waals surface area contributed by atoms with Crippen LogP contribution in [-0.2, 0) is 6.54 Å². The Balaban J connectivity index is 1.68. The zero-order valence-electron chi connectivity index (χ0n) is 14.0. The number of anilines is 1. The summed E-state index contributed by atoms with van der Waals surface area (Å²) in [5, 5.41) is 0. The van der Waals surface area contributed by atoms with E-state index in [4.69, 9.17) is 0 Å². The van der Waals surface area contributed by atoms with Gasteiger partial charge in [-0.25, -0.2) is 4.79 Å². The highest BCUT2D eigenvalue weighted by molar-refractivity contribution is 5.95. The lowest BCUT2D eigenvalue weighted by Gasteiger charge is -2.23. The minimum absolute atomic E-state index is 0.0276. The van der Waals surface area contributed by atoms with E-state index in [0.717, 1.165) is 16.8 Å². The standard InChI is InChI=1S/C22H20N2O/c25-22-23(16-18-10-4-1-5-11-18)17-21(19-12-6-2-7-13-19)24(22)20-14-8-3-9-15-20/h1-15,21H,16-17H2. The molecule has 0 aromatic heterocycles. The van der Waals surface area contributed by atoms with Gasteiger partial charge in [0.15, 0.2) is 0 Å². The summed E-state index contributed by atoms with van der Waals surface area (Å²) < 4.78 is 0. The molecule has 1 saturated heterocycles. The largest absolute Gasteiger partial charge is 0.325 e. The smallest absolute Gasteiger partial charge is 0.318 e. The van der Waals surface area contributed by atoms with E-state index in [1.807, 2.05) is 76.5 Å². The second kappa shape index (κ2) is 6.81. The molecule has 3 nitrogen and oxygen atoms in total. The highest BCUT2D eigenvalue weighted by Gasteiger charge is 2.38. The van der Waals surface area contributed by atoms with Crippen LogP contribution in [0.2, 0.25) is 0 Å². The van der Waals surface area contributed by atoms with Gasteiger partial charge in [0.25, 0.3) is 0 Å². The molecule has 0 bridgehead atoms. The number of carbonyl (C=O) groups is 1. The van der Waals surface area contributed by atoms with Crippen molar-refractivity contribution in [2.24, 2.45) is 0 Å². The first-order valence-corrected chi connectivity index (χ1v) is 8.55. The van der Waals surface area contributed by atoms with Gasteiger partial charge in [0, 0.05) is 18.8 Å². The van der Waals surface area contributed by atoms with Crippen molar-refractivity contribution in [3.63, 3.8) is 0 Å². The molecule has 1 heterocycles. The minimum Gasteiger partial charge on any atom is -0.318 e. The SMILES string of the molecule is O=C1N(Cc2ccccc2)CC(c2ccccc2)N1c1ccccc1. The Bertz CT molecular complexity index is 834. The first-order valence-electron chi connectivity index (χ1n) is 8.55. The van der Waals surface area contributed by atoms with Gasteiger partial charge in [0.2, 0.25) is 0 Å². The van der Waals surface area contributed by atoms with Gasteiger partial charge in [-0.1, -0.05) is 78.9 Å². The van der Waals surface area contributed by atoms with Gasteiger partial charge in [-0.05, 0) is 23.3 Å². The van der Waals surface area contributed by atoms with E-state index in [0.29, 0.717) is 13.1 Å². The maximum atomic E-state index is 13.1. The molecule has 1 unspecified atom stereocenters. The van der Waals surface area contributed by atoms with E-state index in [-0.39, 0.29) is 12.1 Å². The molecule has 4 rings (SSSR count). The Morgan fingerprint density at radius 1 is 0.760 bits per heavy atom. The van der Waals surface area contributed by atoms with Gasteiger partial charge < -0.3 is 4.90 Å². The maximum absolute atomic E-state index is 13.1. The van der Waals surface area contributed by atoms with E-state index >= 15 is 0 Å². The maximum Gasteiger partial charge on any atom is 0.325 e. The van der Waals surface area contributed by atoms with Gasteiger partial charge in [0.05, 0.1) is 6.04 Å². The van der Waals surface area contributed by atoms with Gasteiger partial charge in [-0.3, -0.25) is 4.90 Å². The van der Waals surface area contributed by atoms with Crippen molar-refractivity contribution in [2.45, 2.75) is 12.6 Å². The predicted octanol–water partition coefficient (Wildman–Crippen LogP) is 4.87. The number of benzene rings is 3. The summed E-state index contributed by atoms with van der Waals surface area (Å²) in [4.78, 5) is 17.0. The van der Waals surface area contributed by atoms with Crippen molar-refractivity contribution in [1.29, 1.82) is 0 Å². The van der Waals surface area contributed by atoms with Crippen LogP contribution < -0.4 is 4.90 Å². The molecule has 2 amide bonds. The number of carbonyl (C=O) groups excluding carboxylic acids is 1. The topological polar surface area (TPSA) is 23.6 Å². The van der Waals surface area contributed by atoms with Crippen LogP contribution in [0.15, 0.2) is 91.0 Å². The van der Waals surface area contributed by atoms with Gasteiger partial charge in [-0.15, -0.1) is 0 Å². The van der Waals surface area contributed by atoms with E-state index in [1.54, 1.807) is 0 Å². The fourth-order valence-corrected chi connectivity index (χ4v) is 3.40. The van der Waals surface area contributed by atoms with Crippen molar-refractivity contribution < 1.29 is 4.79 Å². The minimum atomic E-state index is 0.0276. The number of hydrogen-bond donors (Lipinski definition) is 0. The molecule has 25 heavy (non-hydrogen) atoms. The predicted molar refractivity (Wildman–Crippen MR) is 100 cm³/mol. The summed E-state index contributed by atoms with van der Waals surface area (Å²) in [6.45, 7) is 1.32. The highest BCUT2D eigenvalue weighted by Crippen LogP contribution is 2.34. The molecule has 3 aromatic rings. The van der Waals surface area contributed by atoms with Crippen LogP contribution in [0.3, 0.4) is 0 Å². The van der Waals surface area contributed by atoms with Crippen LogP contribution >= 0.6 is 0 Å². The molecule has 3 heteroatoms. The van der Waals surface area contributed by atoms with Crippen molar-refractivity contribution in [3.8, 4) is 0 Å². The summed E-state index contributed by atoms with van der Waals surface area (Å²) in [6, 6.07) is 30.4. The van der Waals surface area contributed by atoms with E-state index in [1.165, 1.54) is 0 Å². The molecule has 1 fully saturated rings. The zero-order chi connectivity index (χ0) is 17.1. The van der Waals surface area contributed by atoms with Crippen molar-refractivity contribution in [2.75, 3.05) is 11.4 Å². The van der Waals surface area contributed by atoms with E-state index < -0.39 is 0 Å². The molecular weight excluding hydrogens is 308 g/mol. The number of amides is 2. The molecule has 0 radical (unpaired) electrons. The Hall–Kier alpha value is -3.07. The second-order valence-electron chi connectivity index (χ2n) is 6.28. The van der Waals surface area contributed by atoms with Crippen molar-refractivity contribution >= 4 is 11.7 Å². The average molecular weight is 328 g/mol. The summed E-state index contributed by atoms with van der Waals surface area (Å²) in [5.41, 5.74) is 3.25. The van der Waals surface area contributed by atoms with Crippen LogP contribution in [0, 0.1) is 0 Å². The van der Waals surface area contributed by atoms with Crippen molar-refractivity contribution in [1.82, 2.24) is 4.90 Å². The quantitative estimate of drug-likeness (QED) is 0.670. The molecule has 0 saturated carbocycles. The van der Waals surface area contributed by atoms with Crippen LogP contribution in [0.1, 0.15) is 17.2 Å². The van der Waals surface area contributed by atoms with Crippen LogP contribution in [0.25, 0.3) is 0 Å². The Labute approximate surface area is 148 Å². The zero-order valence-corrected chi connectivity index (χ0v) is 14.0. The fourth-order valence-electron chi connectivity index (χ4n) is 3.40. The number of hydrogen-bond acceptors (Lipinski definition) is 1. The molecule has 1 atom stereocenters. The molecular formula is C22H20N2O. The number of nitrogens with zero attached hydrogens (tertiary/aromatic N) is 2. The highest BCUT2D eigenvalue weighted by atomic mass is 16.2. The van der Waals surface area contributed by atoms with Crippen molar-refractivity contribution in [3.05, 3.63) is 102 Å². The lowest BCUT2D eigenvalue weighted by Crippen LogP contribution is -2.32. The van der Waals surface area contributed by atoms with Gasteiger partial charge >= 0.3 is 6.03 Å². The molecule has 124 valence electrons. The molecule has 0 spiro atoms. The summed E-state index contributed by atoms with van der Waals surface area (Å²) in [6.07, 6.45) is 0. The summed E-state index contributed by atoms with van der Waals surface area (Å²) in [7, 11) is 0. The number of rotatable bonds is 4. The first kappa shape index (κ1) is 15.5. The lowest BCUT2D eigenvalue weighted by atomic mass is 10.1. The Kier molecular flexibility index (Phi) is 4.21. The van der Waals surface area contributed by atoms with Gasteiger partial charge in [-0.2, -0.15) is 0 Å². The average Bonchev–Trinajstić information content (AvgIpc) is 3.00. The normalized spacial score (nSPS) is 17.1. The Morgan fingerprint density at radius 3 is 1.96 bits per heavy atom. The van der Waals surface area contributed by atoms with Crippen LogP contribution in [-0.4, -0.2) is 17.5 Å². The molecule has 3 aromatic carbocycles. The molecule has 1 aliphatic rings. The lowest BCUT2D eigenvalue weighted by molar-refractivity contribution is 0.218. The molecule has 0 aliphatic carbocycles.